The second kappa shape index (κ2) is 11.3. The Kier molecular flexibility index (Phi) is 8.96. The Hall–Kier alpha value is -2.97. The standard InChI is InChI=1S/C15H12O4.C12H22Si2/c16-14(17)12-8-6-11(7-9-12)10-19-15(18)13-4-2-1-3-5-13;1-13(2,3)11-8-7-9-12(10-11)14(4,5)6/h1-9H,10H2,(H,16,17);7-10H,1-6H3. The summed E-state index contributed by atoms with van der Waals surface area (Å²) in [4.78, 5) is 22.4. The predicted molar refractivity (Wildman–Crippen MR) is 141 cm³/mol. The van der Waals surface area contributed by atoms with Crippen LogP contribution in [0, 0.1) is 0 Å². The number of hydrogen-bond donors (Lipinski definition) is 1. The van der Waals surface area contributed by atoms with E-state index >= 15 is 0 Å². The van der Waals surface area contributed by atoms with E-state index in [-0.39, 0.29) is 12.2 Å². The summed E-state index contributed by atoms with van der Waals surface area (Å²) in [6.07, 6.45) is 0. The van der Waals surface area contributed by atoms with E-state index in [1.54, 1.807) is 46.8 Å². The molecule has 3 aromatic carbocycles. The average Bonchev–Trinajstić information content (AvgIpc) is 2.78. The number of rotatable bonds is 6. The van der Waals surface area contributed by atoms with Crippen LogP contribution in [0.25, 0.3) is 0 Å². The Morgan fingerprint density at radius 1 is 0.697 bits per heavy atom. The van der Waals surface area contributed by atoms with E-state index in [0.717, 1.165) is 5.56 Å². The largest absolute Gasteiger partial charge is 0.478 e. The highest BCUT2D eigenvalue weighted by molar-refractivity contribution is 6.91. The zero-order valence-corrected chi connectivity index (χ0v) is 22.4. The van der Waals surface area contributed by atoms with Crippen LogP contribution in [-0.4, -0.2) is 33.2 Å². The van der Waals surface area contributed by atoms with E-state index in [4.69, 9.17) is 9.84 Å². The quantitative estimate of drug-likeness (QED) is 0.374. The summed E-state index contributed by atoms with van der Waals surface area (Å²) in [5, 5.41) is 11.9. The van der Waals surface area contributed by atoms with Crippen molar-refractivity contribution in [2.75, 3.05) is 0 Å². The Balaban J connectivity index is 0.000000245. The monoisotopic (exact) mass is 478 g/mol. The van der Waals surface area contributed by atoms with Crippen molar-refractivity contribution in [1.82, 2.24) is 0 Å². The fourth-order valence-electron chi connectivity index (χ4n) is 3.00. The van der Waals surface area contributed by atoms with Gasteiger partial charge in [-0.3, -0.25) is 0 Å². The maximum atomic E-state index is 11.7. The predicted octanol–water partition coefficient (Wildman–Crippen LogP) is 5.52. The maximum Gasteiger partial charge on any atom is 0.338 e. The summed E-state index contributed by atoms with van der Waals surface area (Å²) in [5.74, 6) is -1.38. The van der Waals surface area contributed by atoms with Crippen LogP contribution in [0.4, 0.5) is 0 Å². The molecule has 0 aliphatic rings. The molecule has 6 heteroatoms. The van der Waals surface area contributed by atoms with Crippen LogP contribution < -0.4 is 10.4 Å². The molecule has 4 nitrogen and oxygen atoms in total. The highest BCUT2D eigenvalue weighted by Gasteiger charge is 2.21. The molecule has 0 aliphatic carbocycles. The van der Waals surface area contributed by atoms with E-state index in [2.05, 4.69) is 63.5 Å². The summed E-state index contributed by atoms with van der Waals surface area (Å²) < 4.78 is 5.13. The number of benzene rings is 3. The lowest BCUT2D eigenvalue weighted by Crippen LogP contribution is -2.44. The Bertz CT molecular complexity index is 1030. The summed E-state index contributed by atoms with van der Waals surface area (Å²) in [6, 6.07) is 24.2. The van der Waals surface area contributed by atoms with Gasteiger partial charge in [0.05, 0.1) is 27.3 Å². The molecule has 0 aromatic heterocycles. The second-order valence-electron chi connectivity index (χ2n) is 10.0. The van der Waals surface area contributed by atoms with Gasteiger partial charge in [0.25, 0.3) is 0 Å². The van der Waals surface area contributed by atoms with E-state index < -0.39 is 28.1 Å². The Morgan fingerprint density at radius 2 is 1.21 bits per heavy atom. The van der Waals surface area contributed by atoms with Gasteiger partial charge in [0.2, 0.25) is 0 Å². The molecule has 1 N–H and O–H groups in total. The highest BCUT2D eigenvalue weighted by Crippen LogP contribution is 2.08. The molecule has 174 valence electrons. The first-order valence-corrected chi connectivity index (χ1v) is 18.0. The molecular formula is C27H34O4Si2. The van der Waals surface area contributed by atoms with Crippen molar-refractivity contribution in [3.8, 4) is 0 Å². The minimum atomic E-state index is -1.12. The normalized spacial score (nSPS) is 11.2. The summed E-state index contributed by atoms with van der Waals surface area (Å²) in [7, 11) is -2.24. The molecule has 0 fully saturated rings. The average molecular weight is 479 g/mol. The van der Waals surface area contributed by atoms with Crippen LogP contribution in [0.2, 0.25) is 39.3 Å². The van der Waals surface area contributed by atoms with E-state index in [9.17, 15) is 9.59 Å². The van der Waals surface area contributed by atoms with Gasteiger partial charge in [-0.1, -0.05) is 104 Å². The molecule has 0 atom stereocenters. The number of hydrogen-bond acceptors (Lipinski definition) is 3. The second-order valence-corrected chi connectivity index (χ2v) is 20.2. The summed E-state index contributed by atoms with van der Waals surface area (Å²) in [6.45, 7) is 14.6. The zero-order valence-electron chi connectivity index (χ0n) is 20.4. The minimum Gasteiger partial charge on any atom is -0.478 e. The number of esters is 1. The van der Waals surface area contributed by atoms with Gasteiger partial charge in [-0.25, -0.2) is 9.59 Å². The molecule has 0 unspecified atom stereocenters. The number of carboxylic acids is 1. The van der Waals surface area contributed by atoms with Crippen molar-refractivity contribution >= 4 is 38.5 Å². The Morgan fingerprint density at radius 3 is 1.67 bits per heavy atom. The summed E-state index contributed by atoms with van der Waals surface area (Å²) >= 11 is 0. The molecule has 33 heavy (non-hydrogen) atoms. The van der Waals surface area contributed by atoms with Gasteiger partial charge >= 0.3 is 11.9 Å². The first-order valence-electron chi connectivity index (χ1n) is 11.0. The summed E-state index contributed by atoms with van der Waals surface area (Å²) in [5.41, 5.74) is 1.44. The van der Waals surface area contributed by atoms with Crippen LogP contribution in [0.15, 0.2) is 78.9 Å². The topological polar surface area (TPSA) is 63.6 Å². The van der Waals surface area contributed by atoms with E-state index in [1.165, 1.54) is 12.1 Å². The third-order valence-electron chi connectivity index (χ3n) is 5.17. The van der Waals surface area contributed by atoms with Gasteiger partial charge in [-0.2, -0.15) is 0 Å². The van der Waals surface area contributed by atoms with E-state index in [1.807, 2.05) is 6.07 Å². The molecule has 0 heterocycles. The number of carbonyl (C=O) groups excluding carboxylic acids is 1. The van der Waals surface area contributed by atoms with Crippen LogP contribution in [0.5, 0.6) is 0 Å². The van der Waals surface area contributed by atoms with Crippen LogP contribution in [0.3, 0.4) is 0 Å². The van der Waals surface area contributed by atoms with Gasteiger partial charge in [-0.05, 0) is 29.8 Å². The highest BCUT2D eigenvalue weighted by atomic mass is 28.3. The zero-order chi connectivity index (χ0) is 24.6. The number of carboxylic acid groups (broad SMARTS) is 1. The van der Waals surface area contributed by atoms with Crippen molar-refractivity contribution in [3.05, 3.63) is 95.6 Å². The molecule has 0 radical (unpaired) electrons. The first-order chi connectivity index (χ1) is 15.4. The molecule has 0 amide bonds. The number of ether oxygens (including phenoxy) is 1. The smallest absolute Gasteiger partial charge is 0.338 e. The fourth-order valence-corrected chi connectivity index (χ4v) is 5.52. The fraction of sp³-hybridized carbons (Fsp3) is 0.259. The van der Waals surface area contributed by atoms with Gasteiger partial charge in [0.15, 0.2) is 0 Å². The third-order valence-corrected chi connectivity index (χ3v) is 9.26. The molecule has 0 aliphatic heterocycles. The van der Waals surface area contributed by atoms with Crippen LogP contribution in [-0.2, 0) is 11.3 Å². The van der Waals surface area contributed by atoms with Crippen LogP contribution >= 0.6 is 0 Å². The minimum absolute atomic E-state index is 0.119. The third kappa shape index (κ3) is 8.48. The lowest BCUT2D eigenvalue weighted by Gasteiger charge is -2.22. The SMILES string of the molecule is C[Si](C)(C)c1cccc([Si](C)(C)C)c1.O=C(O)c1ccc(COC(=O)c2ccccc2)cc1. The van der Waals surface area contributed by atoms with Crippen molar-refractivity contribution in [2.45, 2.75) is 45.9 Å². The first kappa shape index (κ1) is 26.3. The molecular weight excluding hydrogens is 444 g/mol. The van der Waals surface area contributed by atoms with Crippen molar-refractivity contribution in [2.24, 2.45) is 0 Å². The van der Waals surface area contributed by atoms with Crippen molar-refractivity contribution < 1.29 is 19.4 Å². The number of aromatic carboxylic acids is 1. The number of carbonyl (C=O) groups is 2. The molecule has 0 spiro atoms. The molecule has 0 saturated carbocycles. The lowest BCUT2D eigenvalue weighted by molar-refractivity contribution is 0.0472. The van der Waals surface area contributed by atoms with Gasteiger partial charge in [-0.15, -0.1) is 0 Å². The van der Waals surface area contributed by atoms with Gasteiger partial charge in [0, 0.05) is 0 Å². The van der Waals surface area contributed by atoms with Crippen LogP contribution in [0.1, 0.15) is 26.3 Å². The molecule has 0 bridgehead atoms. The molecule has 3 rings (SSSR count). The molecule has 0 saturated heterocycles. The Labute approximate surface area is 199 Å². The van der Waals surface area contributed by atoms with Gasteiger partial charge < -0.3 is 9.84 Å². The van der Waals surface area contributed by atoms with Gasteiger partial charge in [0.1, 0.15) is 6.61 Å². The van der Waals surface area contributed by atoms with Crippen molar-refractivity contribution in [3.63, 3.8) is 0 Å². The maximum absolute atomic E-state index is 11.7. The molecule has 3 aromatic rings. The lowest BCUT2D eigenvalue weighted by atomic mass is 10.1. The van der Waals surface area contributed by atoms with Crippen molar-refractivity contribution in [1.29, 1.82) is 0 Å². The van der Waals surface area contributed by atoms with E-state index in [0.29, 0.717) is 5.56 Å².